The van der Waals surface area contributed by atoms with Crippen LogP contribution in [-0.4, -0.2) is 42.2 Å². The minimum atomic E-state index is -0.927. The van der Waals surface area contributed by atoms with E-state index < -0.39 is 28.7 Å². The highest BCUT2D eigenvalue weighted by molar-refractivity contribution is 6.20. The van der Waals surface area contributed by atoms with Crippen LogP contribution >= 0.6 is 11.6 Å². The van der Waals surface area contributed by atoms with Crippen LogP contribution in [0.25, 0.3) is 0 Å². The molecule has 1 aromatic rings. The van der Waals surface area contributed by atoms with E-state index >= 15 is 0 Å². The second kappa shape index (κ2) is 8.77. The molecule has 0 saturated carbocycles. The Morgan fingerprint density at radius 2 is 2.07 bits per heavy atom. The van der Waals surface area contributed by atoms with Crippen molar-refractivity contribution >= 4 is 34.9 Å². The summed E-state index contributed by atoms with van der Waals surface area (Å²) in [6, 6.07) is 5.75. The first kappa shape index (κ1) is 20.6. The molecule has 27 heavy (non-hydrogen) atoms. The van der Waals surface area contributed by atoms with Gasteiger partial charge in [0, 0.05) is 23.8 Å². The van der Waals surface area contributed by atoms with Crippen molar-refractivity contribution in [2.75, 3.05) is 19.6 Å². The summed E-state index contributed by atoms with van der Waals surface area (Å²) in [6.07, 6.45) is 0. The number of non-ortho nitro benzene ring substituents is 1. The Kier molecular flexibility index (Phi) is 6.68. The van der Waals surface area contributed by atoms with Gasteiger partial charge in [-0.05, 0) is 19.4 Å². The minimum Gasteiger partial charge on any atom is -0.468 e. The highest BCUT2D eigenvalue weighted by Crippen LogP contribution is 2.41. The van der Waals surface area contributed by atoms with Crippen LogP contribution in [0, 0.1) is 16.0 Å². The molecule has 0 saturated heterocycles. The maximum absolute atomic E-state index is 12.6. The molecule has 0 N–H and O–H groups in total. The number of benzene rings is 1. The van der Waals surface area contributed by atoms with E-state index in [1.165, 1.54) is 25.3 Å². The molecule has 0 bridgehead atoms. The number of allylic oxidation sites excluding steroid dienone is 1. The van der Waals surface area contributed by atoms with Gasteiger partial charge in [0.2, 0.25) is 0 Å². The van der Waals surface area contributed by atoms with Gasteiger partial charge < -0.3 is 9.47 Å². The number of nitro benzene ring substituents is 1. The fourth-order valence-electron chi connectivity index (χ4n) is 3.11. The van der Waals surface area contributed by atoms with E-state index in [0.29, 0.717) is 11.3 Å². The zero-order valence-corrected chi connectivity index (χ0v) is 15.9. The maximum atomic E-state index is 12.6. The first-order valence-electron chi connectivity index (χ1n) is 8.19. The summed E-state index contributed by atoms with van der Waals surface area (Å²) in [4.78, 5) is 40.0. The maximum Gasteiger partial charge on any atom is 0.336 e. The lowest BCUT2D eigenvalue weighted by molar-refractivity contribution is -0.384. The van der Waals surface area contributed by atoms with Gasteiger partial charge in [-0.25, -0.2) is 4.79 Å². The zero-order chi connectivity index (χ0) is 20.1. The molecule has 0 spiro atoms. The molecule has 0 radical (unpaired) electrons. The number of ether oxygens (including phenoxy) is 2. The van der Waals surface area contributed by atoms with Gasteiger partial charge in [0.1, 0.15) is 5.92 Å². The van der Waals surface area contributed by atoms with E-state index in [-0.39, 0.29) is 29.4 Å². The number of aliphatic imine (C=N–C) groups is 1. The molecule has 1 heterocycles. The number of carbonyl (C=O) groups excluding carboxylic acids is 2. The van der Waals surface area contributed by atoms with Crippen LogP contribution < -0.4 is 0 Å². The van der Waals surface area contributed by atoms with Crippen molar-refractivity contribution < 1.29 is 24.0 Å². The Labute approximate surface area is 161 Å². The molecule has 0 amide bonds. The highest BCUT2D eigenvalue weighted by Gasteiger charge is 2.43. The highest BCUT2D eigenvalue weighted by atomic mass is 35.5. The second-order valence-electron chi connectivity index (χ2n) is 5.80. The third-order valence-corrected chi connectivity index (χ3v) is 4.49. The van der Waals surface area contributed by atoms with E-state index in [9.17, 15) is 19.7 Å². The van der Waals surface area contributed by atoms with Crippen LogP contribution in [0.3, 0.4) is 0 Å². The standard InChI is InChI=1S/C18H19ClN2O6/c1-4-27-18(23)16-13(9-19)20-10(2)14(17(22)26-3)15(16)11-6-5-7-12(8-11)21(24)25/h5-8,14-15H,4,9H2,1-3H3/t14?,15-/m1/s1. The van der Waals surface area contributed by atoms with Gasteiger partial charge in [-0.15, -0.1) is 11.6 Å². The summed E-state index contributed by atoms with van der Waals surface area (Å²) in [6.45, 7) is 3.39. The summed E-state index contributed by atoms with van der Waals surface area (Å²) in [5.74, 6) is -3.14. The van der Waals surface area contributed by atoms with Crippen molar-refractivity contribution in [2.45, 2.75) is 19.8 Å². The number of nitrogens with zero attached hydrogens (tertiary/aromatic N) is 2. The number of methoxy groups -OCH3 is 1. The van der Waals surface area contributed by atoms with Crippen LogP contribution in [0.15, 0.2) is 40.5 Å². The van der Waals surface area contributed by atoms with Crippen molar-refractivity contribution in [1.82, 2.24) is 0 Å². The van der Waals surface area contributed by atoms with Crippen LogP contribution in [0.1, 0.15) is 25.3 Å². The van der Waals surface area contributed by atoms with Gasteiger partial charge >= 0.3 is 11.9 Å². The van der Waals surface area contributed by atoms with Crippen LogP contribution in [-0.2, 0) is 19.1 Å². The number of nitro groups is 1. The third-order valence-electron chi connectivity index (χ3n) is 4.23. The van der Waals surface area contributed by atoms with Gasteiger partial charge in [-0.2, -0.15) is 0 Å². The van der Waals surface area contributed by atoms with Crippen molar-refractivity contribution in [3.05, 3.63) is 51.2 Å². The molecular formula is C18H19ClN2O6. The Morgan fingerprint density at radius 1 is 1.37 bits per heavy atom. The minimum absolute atomic E-state index is 0.0786. The van der Waals surface area contributed by atoms with Crippen LogP contribution in [0.2, 0.25) is 0 Å². The van der Waals surface area contributed by atoms with Gasteiger partial charge in [0.05, 0.1) is 35.8 Å². The molecule has 144 valence electrons. The quantitative estimate of drug-likeness (QED) is 0.317. The van der Waals surface area contributed by atoms with Gasteiger partial charge in [0.25, 0.3) is 5.69 Å². The Morgan fingerprint density at radius 3 is 2.63 bits per heavy atom. The molecule has 1 aliphatic rings. The normalized spacial score (nSPS) is 19.3. The molecule has 1 unspecified atom stereocenters. The molecule has 0 fully saturated rings. The van der Waals surface area contributed by atoms with Gasteiger partial charge in [-0.1, -0.05) is 12.1 Å². The zero-order valence-electron chi connectivity index (χ0n) is 15.1. The summed E-state index contributed by atoms with van der Waals surface area (Å²) < 4.78 is 10.0. The Hall–Kier alpha value is -2.74. The topological polar surface area (TPSA) is 108 Å². The van der Waals surface area contributed by atoms with Crippen molar-refractivity contribution in [2.24, 2.45) is 10.9 Å². The molecular weight excluding hydrogens is 376 g/mol. The number of hydrogen-bond acceptors (Lipinski definition) is 7. The number of hydrogen-bond donors (Lipinski definition) is 0. The fraction of sp³-hybridized carbons (Fsp3) is 0.389. The van der Waals surface area contributed by atoms with Gasteiger partial charge in [0.15, 0.2) is 0 Å². The lowest BCUT2D eigenvalue weighted by Crippen LogP contribution is -2.36. The molecule has 9 heteroatoms. The van der Waals surface area contributed by atoms with Gasteiger partial charge in [-0.3, -0.25) is 19.9 Å². The van der Waals surface area contributed by atoms with Crippen molar-refractivity contribution in [3.63, 3.8) is 0 Å². The van der Waals surface area contributed by atoms with Crippen molar-refractivity contribution in [3.8, 4) is 0 Å². The average Bonchev–Trinajstić information content (AvgIpc) is 2.66. The van der Waals surface area contributed by atoms with E-state index in [4.69, 9.17) is 21.1 Å². The smallest absolute Gasteiger partial charge is 0.336 e. The number of halogens is 1. The number of esters is 2. The average molecular weight is 395 g/mol. The van der Waals surface area contributed by atoms with Crippen molar-refractivity contribution in [1.29, 1.82) is 0 Å². The lowest BCUT2D eigenvalue weighted by atomic mass is 9.75. The molecule has 2 rings (SSSR count). The first-order chi connectivity index (χ1) is 12.8. The lowest BCUT2D eigenvalue weighted by Gasteiger charge is -2.31. The summed E-state index contributed by atoms with van der Waals surface area (Å²) >= 11 is 5.98. The van der Waals surface area contributed by atoms with E-state index in [0.717, 1.165) is 0 Å². The molecule has 0 aliphatic carbocycles. The number of alkyl halides is 1. The predicted molar refractivity (Wildman–Crippen MR) is 98.8 cm³/mol. The van der Waals surface area contributed by atoms with E-state index in [2.05, 4.69) is 4.99 Å². The summed E-state index contributed by atoms with van der Waals surface area (Å²) in [5.41, 5.74) is 1.02. The summed E-state index contributed by atoms with van der Waals surface area (Å²) in [7, 11) is 1.23. The van der Waals surface area contributed by atoms with Crippen LogP contribution in [0.5, 0.6) is 0 Å². The monoisotopic (exact) mass is 394 g/mol. The fourth-order valence-corrected chi connectivity index (χ4v) is 3.31. The largest absolute Gasteiger partial charge is 0.468 e. The molecule has 8 nitrogen and oxygen atoms in total. The van der Waals surface area contributed by atoms with E-state index in [1.807, 2.05) is 0 Å². The second-order valence-corrected chi connectivity index (χ2v) is 6.07. The van der Waals surface area contributed by atoms with E-state index in [1.54, 1.807) is 19.9 Å². The number of rotatable bonds is 6. The number of carbonyl (C=O) groups is 2. The molecule has 1 aromatic carbocycles. The SMILES string of the molecule is CCOC(=O)C1=C(CCl)N=C(C)C(C(=O)OC)[C@H]1c1cccc([N+](=O)[O-])c1. The molecule has 0 aromatic heterocycles. The van der Waals surface area contributed by atoms with Crippen LogP contribution in [0.4, 0.5) is 5.69 Å². The molecule has 1 aliphatic heterocycles. The Balaban J connectivity index is 2.73. The molecule has 2 atom stereocenters. The predicted octanol–water partition coefficient (Wildman–Crippen LogP) is 3.00. The first-order valence-corrected chi connectivity index (χ1v) is 8.72. The summed E-state index contributed by atoms with van der Waals surface area (Å²) in [5, 5.41) is 11.2. The Bertz CT molecular complexity index is 833. The third kappa shape index (κ3) is 4.16.